The summed E-state index contributed by atoms with van der Waals surface area (Å²) in [6, 6.07) is 8.45. The van der Waals surface area contributed by atoms with Gasteiger partial charge in [0.05, 0.1) is 5.56 Å². The average Bonchev–Trinajstić information content (AvgIpc) is 2.38. The van der Waals surface area contributed by atoms with Gasteiger partial charge in [-0.3, -0.25) is 5.41 Å². The van der Waals surface area contributed by atoms with Crippen molar-refractivity contribution in [2.45, 2.75) is 6.92 Å². The van der Waals surface area contributed by atoms with Crippen LogP contribution in [0.3, 0.4) is 0 Å². The zero-order chi connectivity index (χ0) is 14.7. The van der Waals surface area contributed by atoms with Crippen molar-refractivity contribution < 1.29 is 8.78 Å². The molecule has 0 aliphatic carbocycles. The van der Waals surface area contributed by atoms with E-state index < -0.39 is 23.0 Å². The molecule has 20 heavy (non-hydrogen) atoms. The maximum absolute atomic E-state index is 13.5. The molecule has 1 aromatic heterocycles. The Bertz CT molecular complexity index is 675. The number of hydrogen-bond donors (Lipinski definition) is 2. The fraction of sp³-hybridized carbons (Fsp3) is 0.0714. The standard InChI is InChI=1S/C14H12F2N4/c1-8-4-2-7-11(19-8)13(17)20-14(18)12-9(15)5-3-6-10(12)16/h2-7H,1H3,(H3,17,18,20). The highest BCUT2D eigenvalue weighted by Gasteiger charge is 2.14. The molecule has 2 rings (SSSR count). The summed E-state index contributed by atoms with van der Waals surface area (Å²) >= 11 is 0. The molecule has 2 aromatic rings. The van der Waals surface area contributed by atoms with Crippen molar-refractivity contribution >= 4 is 11.7 Å². The van der Waals surface area contributed by atoms with Crippen LogP contribution >= 0.6 is 0 Å². The van der Waals surface area contributed by atoms with Gasteiger partial charge in [0.1, 0.15) is 17.3 Å². The summed E-state index contributed by atoms with van der Waals surface area (Å²) in [6.07, 6.45) is 0. The largest absolute Gasteiger partial charge is 0.382 e. The number of hydrogen-bond acceptors (Lipinski definition) is 2. The first kappa shape index (κ1) is 13.8. The SMILES string of the molecule is Cc1cccc(C(N)=NC(=N)c2c(F)cccc2F)n1. The maximum Gasteiger partial charge on any atom is 0.160 e. The fourth-order valence-corrected chi connectivity index (χ4v) is 1.64. The number of amidine groups is 2. The van der Waals surface area contributed by atoms with Gasteiger partial charge in [0.2, 0.25) is 0 Å². The van der Waals surface area contributed by atoms with E-state index in [1.54, 1.807) is 25.1 Å². The Labute approximate surface area is 114 Å². The van der Waals surface area contributed by atoms with Crippen LogP contribution in [-0.2, 0) is 0 Å². The van der Waals surface area contributed by atoms with Crippen molar-refractivity contribution in [2.75, 3.05) is 0 Å². The first-order chi connectivity index (χ1) is 9.49. The summed E-state index contributed by atoms with van der Waals surface area (Å²) in [6.45, 7) is 1.78. The van der Waals surface area contributed by atoms with E-state index in [1.807, 2.05) is 0 Å². The summed E-state index contributed by atoms with van der Waals surface area (Å²) < 4.78 is 27.0. The number of nitrogens with one attached hydrogen (secondary N) is 1. The molecule has 3 N–H and O–H groups in total. The van der Waals surface area contributed by atoms with Gasteiger partial charge in [-0.15, -0.1) is 0 Å². The molecule has 0 unspecified atom stereocenters. The van der Waals surface area contributed by atoms with Crippen LogP contribution in [-0.4, -0.2) is 16.7 Å². The Morgan fingerprint density at radius 3 is 2.35 bits per heavy atom. The summed E-state index contributed by atoms with van der Waals surface area (Å²) in [5.74, 6) is -2.37. The summed E-state index contributed by atoms with van der Waals surface area (Å²) in [5.41, 5.74) is 6.27. The number of aliphatic imine (C=N–C) groups is 1. The smallest absolute Gasteiger partial charge is 0.160 e. The first-order valence-corrected chi connectivity index (χ1v) is 5.80. The highest BCUT2D eigenvalue weighted by Crippen LogP contribution is 2.13. The molecule has 0 atom stereocenters. The Balaban J connectivity index is 2.37. The van der Waals surface area contributed by atoms with Crippen LogP contribution in [0.5, 0.6) is 0 Å². The molecule has 4 nitrogen and oxygen atoms in total. The van der Waals surface area contributed by atoms with Crippen molar-refractivity contribution in [1.82, 2.24) is 4.98 Å². The molecular formula is C14H12F2N4. The average molecular weight is 274 g/mol. The molecule has 1 heterocycles. The molecule has 1 aromatic carbocycles. The second-order valence-corrected chi connectivity index (χ2v) is 4.11. The van der Waals surface area contributed by atoms with Gasteiger partial charge in [-0.2, -0.15) is 0 Å². The molecule has 0 aliphatic rings. The maximum atomic E-state index is 13.5. The second kappa shape index (κ2) is 5.56. The van der Waals surface area contributed by atoms with Crippen LogP contribution in [0.1, 0.15) is 17.0 Å². The van der Waals surface area contributed by atoms with Crippen LogP contribution in [0.15, 0.2) is 41.4 Å². The second-order valence-electron chi connectivity index (χ2n) is 4.11. The molecule has 0 spiro atoms. The molecule has 0 saturated heterocycles. The van der Waals surface area contributed by atoms with E-state index in [9.17, 15) is 8.78 Å². The molecule has 0 saturated carbocycles. The van der Waals surface area contributed by atoms with Crippen LogP contribution in [0.4, 0.5) is 8.78 Å². The van der Waals surface area contributed by atoms with Gasteiger partial charge < -0.3 is 5.73 Å². The highest BCUT2D eigenvalue weighted by molar-refractivity contribution is 6.09. The topological polar surface area (TPSA) is 75.1 Å². The molecule has 0 bridgehead atoms. The lowest BCUT2D eigenvalue weighted by atomic mass is 10.2. The fourth-order valence-electron chi connectivity index (χ4n) is 1.64. The normalized spacial score (nSPS) is 11.4. The van der Waals surface area contributed by atoms with Gasteiger partial charge in [-0.25, -0.2) is 18.8 Å². The summed E-state index contributed by atoms with van der Waals surface area (Å²) in [7, 11) is 0. The quantitative estimate of drug-likeness (QED) is 0.651. The van der Waals surface area contributed by atoms with Crippen molar-refractivity contribution in [3.63, 3.8) is 0 Å². The van der Waals surface area contributed by atoms with E-state index in [4.69, 9.17) is 11.1 Å². The number of benzene rings is 1. The van der Waals surface area contributed by atoms with Gasteiger partial charge in [-0.1, -0.05) is 12.1 Å². The van der Waals surface area contributed by atoms with Crippen LogP contribution in [0.25, 0.3) is 0 Å². The lowest BCUT2D eigenvalue weighted by molar-refractivity contribution is 0.578. The summed E-state index contributed by atoms with van der Waals surface area (Å²) in [4.78, 5) is 7.84. The number of aromatic nitrogens is 1. The predicted molar refractivity (Wildman–Crippen MR) is 72.9 cm³/mol. The van der Waals surface area contributed by atoms with Gasteiger partial charge in [0, 0.05) is 5.69 Å². The van der Waals surface area contributed by atoms with E-state index in [0.29, 0.717) is 5.69 Å². The molecule has 6 heteroatoms. The van der Waals surface area contributed by atoms with E-state index in [0.717, 1.165) is 17.8 Å². The molecular weight excluding hydrogens is 262 g/mol. The number of rotatable bonds is 2. The number of halogens is 2. The third-order valence-electron chi connectivity index (χ3n) is 2.58. The number of pyridine rings is 1. The molecule has 0 aliphatic heterocycles. The predicted octanol–water partition coefficient (Wildman–Crippen LogP) is 2.40. The van der Waals surface area contributed by atoms with Gasteiger partial charge in [-0.05, 0) is 31.2 Å². The van der Waals surface area contributed by atoms with E-state index in [-0.39, 0.29) is 5.84 Å². The Kier molecular flexibility index (Phi) is 3.84. The van der Waals surface area contributed by atoms with E-state index >= 15 is 0 Å². The number of nitrogens with zero attached hydrogens (tertiary/aromatic N) is 2. The van der Waals surface area contributed by atoms with E-state index in [2.05, 4.69) is 9.98 Å². The molecule has 0 fully saturated rings. The van der Waals surface area contributed by atoms with Gasteiger partial charge in [0.25, 0.3) is 0 Å². The Morgan fingerprint density at radius 1 is 1.15 bits per heavy atom. The Hall–Kier alpha value is -2.63. The molecule has 0 radical (unpaired) electrons. The molecule has 0 amide bonds. The van der Waals surface area contributed by atoms with Gasteiger partial charge in [0.15, 0.2) is 11.7 Å². The minimum Gasteiger partial charge on any atom is -0.382 e. The first-order valence-electron chi connectivity index (χ1n) is 5.80. The minimum atomic E-state index is -0.858. The zero-order valence-electron chi connectivity index (χ0n) is 10.7. The number of nitrogens with two attached hydrogens (primary N) is 1. The highest BCUT2D eigenvalue weighted by atomic mass is 19.1. The van der Waals surface area contributed by atoms with Crippen LogP contribution in [0, 0.1) is 24.0 Å². The third-order valence-corrected chi connectivity index (χ3v) is 2.58. The van der Waals surface area contributed by atoms with Crippen LogP contribution < -0.4 is 5.73 Å². The summed E-state index contributed by atoms with van der Waals surface area (Å²) in [5, 5.41) is 7.67. The zero-order valence-corrected chi connectivity index (χ0v) is 10.7. The minimum absolute atomic E-state index is 0.0682. The lowest BCUT2D eigenvalue weighted by Gasteiger charge is -2.04. The third kappa shape index (κ3) is 2.85. The van der Waals surface area contributed by atoms with Crippen molar-refractivity contribution in [1.29, 1.82) is 5.41 Å². The van der Waals surface area contributed by atoms with Gasteiger partial charge >= 0.3 is 0 Å². The Morgan fingerprint density at radius 2 is 1.75 bits per heavy atom. The van der Waals surface area contributed by atoms with Crippen LogP contribution in [0.2, 0.25) is 0 Å². The lowest BCUT2D eigenvalue weighted by Crippen LogP contribution is -2.18. The monoisotopic (exact) mass is 274 g/mol. The number of aryl methyl sites for hydroxylation is 1. The molecule has 102 valence electrons. The van der Waals surface area contributed by atoms with Crippen molar-refractivity contribution in [3.8, 4) is 0 Å². The van der Waals surface area contributed by atoms with Crippen molar-refractivity contribution in [2.24, 2.45) is 10.7 Å². The van der Waals surface area contributed by atoms with E-state index in [1.165, 1.54) is 6.07 Å². The van der Waals surface area contributed by atoms with Crippen molar-refractivity contribution in [3.05, 3.63) is 65.0 Å².